The normalized spacial score (nSPS) is 18.4. The van der Waals surface area contributed by atoms with Crippen LogP contribution in [0.25, 0.3) is 0 Å². The highest BCUT2D eigenvalue weighted by Gasteiger charge is 2.30. The van der Waals surface area contributed by atoms with Crippen LogP contribution < -0.4 is 4.74 Å². The molecule has 0 radical (unpaired) electrons. The number of Topliss-reactive ketones (excluding diaryl/α,β-unsaturated/α-hetero) is 2. The van der Waals surface area contributed by atoms with Gasteiger partial charge < -0.3 is 9.53 Å². The Hall–Kier alpha value is -1.64. The molecule has 2 rings (SSSR count). The van der Waals surface area contributed by atoms with Crippen LogP contribution in [-0.4, -0.2) is 18.7 Å². The van der Waals surface area contributed by atoms with Gasteiger partial charge in [-0.2, -0.15) is 0 Å². The van der Waals surface area contributed by atoms with Crippen LogP contribution in [0, 0.1) is 0 Å². The maximum absolute atomic E-state index is 11.7. The lowest BCUT2D eigenvalue weighted by atomic mass is 9.96. The SMILES string of the molecule is COc1ccc2c(c1)C(CC(C)=O)CC2=O. The summed E-state index contributed by atoms with van der Waals surface area (Å²) in [6, 6.07) is 5.44. The van der Waals surface area contributed by atoms with Gasteiger partial charge in [-0.15, -0.1) is 0 Å². The molecule has 0 fully saturated rings. The van der Waals surface area contributed by atoms with Crippen molar-refractivity contribution in [3.8, 4) is 5.75 Å². The molecule has 0 spiro atoms. The number of ketones is 2. The van der Waals surface area contributed by atoms with Crippen molar-refractivity contribution < 1.29 is 14.3 Å². The molecular weight excluding hydrogens is 204 g/mol. The quantitative estimate of drug-likeness (QED) is 0.782. The molecule has 0 saturated carbocycles. The van der Waals surface area contributed by atoms with Crippen LogP contribution in [0.1, 0.15) is 41.6 Å². The second kappa shape index (κ2) is 4.08. The molecule has 1 atom stereocenters. The topological polar surface area (TPSA) is 43.4 Å². The Morgan fingerprint density at radius 3 is 2.88 bits per heavy atom. The smallest absolute Gasteiger partial charge is 0.163 e. The molecule has 1 unspecified atom stereocenters. The lowest BCUT2D eigenvalue weighted by molar-refractivity contribution is -0.117. The summed E-state index contributed by atoms with van der Waals surface area (Å²) in [5.41, 5.74) is 1.70. The summed E-state index contributed by atoms with van der Waals surface area (Å²) >= 11 is 0. The highest BCUT2D eigenvalue weighted by Crippen LogP contribution is 2.37. The summed E-state index contributed by atoms with van der Waals surface area (Å²) in [7, 11) is 1.60. The van der Waals surface area contributed by atoms with Gasteiger partial charge in [-0.05, 0) is 36.6 Å². The van der Waals surface area contributed by atoms with Gasteiger partial charge >= 0.3 is 0 Å². The van der Waals surface area contributed by atoms with Crippen molar-refractivity contribution in [1.82, 2.24) is 0 Å². The Morgan fingerprint density at radius 1 is 1.50 bits per heavy atom. The van der Waals surface area contributed by atoms with E-state index in [1.165, 1.54) is 0 Å². The summed E-state index contributed by atoms with van der Waals surface area (Å²) in [6.45, 7) is 1.56. The van der Waals surface area contributed by atoms with Crippen LogP contribution in [-0.2, 0) is 4.79 Å². The second-order valence-corrected chi connectivity index (χ2v) is 4.18. The maximum atomic E-state index is 11.7. The third-order valence-corrected chi connectivity index (χ3v) is 2.96. The number of carbonyl (C=O) groups is 2. The van der Waals surface area contributed by atoms with Gasteiger partial charge in [-0.25, -0.2) is 0 Å². The van der Waals surface area contributed by atoms with Gasteiger partial charge in [-0.1, -0.05) is 0 Å². The summed E-state index contributed by atoms with van der Waals surface area (Å²) in [6.07, 6.45) is 0.883. The van der Waals surface area contributed by atoms with E-state index in [1.54, 1.807) is 26.2 Å². The molecule has 84 valence electrons. The molecule has 0 N–H and O–H groups in total. The minimum atomic E-state index is 0.0371. The van der Waals surface area contributed by atoms with Crippen molar-refractivity contribution in [2.24, 2.45) is 0 Å². The zero-order valence-corrected chi connectivity index (χ0v) is 9.45. The Bertz CT molecular complexity index is 446. The molecule has 0 heterocycles. The van der Waals surface area contributed by atoms with E-state index in [4.69, 9.17) is 4.74 Å². The van der Waals surface area contributed by atoms with E-state index in [0.717, 1.165) is 16.9 Å². The molecule has 0 bridgehead atoms. The number of rotatable bonds is 3. The van der Waals surface area contributed by atoms with Crippen LogP contribution in [0.3, 0.4) is 0 Å². The number of fused-ring (bicyclic) bond motifs is 1. The molecule has 1 aliphatic rings. The average Bonchev–Trinajstić information content (AvgIpc) is 2.54. The number of hydrogen-bond donors (Lipinski definition) is 0. The van der Waals surface area contributed by atoms with Crippen LogP contribution in [0.2, 0.25) is 0 Å². The van der Waals surface area contributed by atoms with E-state index in [9.17, 15) is 9.59 Å². The minimum Gasteiger partial charge on any atom is -0.497 e. The van der Waals surface area contributed by atoms with Crippen LogP contribution >= 0.6 is 0 Å². The van der Waals surface area contributed by atoms with E-state index in [1.807, 2.05) is 6.07 Å². The number of ether oxygens (including phenoxy) is 1. The van der Waals surface area contributed by atoms with Gasteiger partial charge in [0.2, 0.25) is 0 Å². The molecule has 0 aliphatic heterocycles. The van der Waals surface area contributed by atoms with Crippen molar-refractivity contribution in [2.75, 3.05) is 7.11 Å². The molecule has 1 aromatic carbocycles. The number of benzene rings is 1. The predicted molar refractivity (Wildman–Crippen MR) is 60.0 cm³/mol. The molecule has 3 heteroatoms. The van der Waals surface area contributed by atoms with E-state index in [0.29, 0.717) is 12.8 Å². The highest BCUT2D eigenvalue weighted by atomic mass is 16.5. The number of hydrogen-bond acceptors (Lipinski definition) is 3. The predicted octanol–water partition coefficient (Wildman–Crippen LogP) is 2.34. The number of methoxy groups -OCH3 is 1. The molecular formula is C13H14O3. The average molecular weight is 218 g/mol. The van der Waals surface area contributed by atoms with Gasteiger partial charge in [0.15, 0.2) is 5.78 Å². The lowest BCUT2D eigenvalue weighted by Crippen LogP contribution is -2.01. The minimum absolute atomic E-state index is 0.0371. The van der Waals surface area contributed by atoms with Gasteiger partial charge in [0.1, 0.15) is 11.5 Å². The van der Waals surface area contributed by atoms with Gasteiger partial charge in [0.05, 0.1) is 7.11 Å². The first-order valence-corrected chi connectivity index (χ1v) is 5.32. The summed E-state index contributed by atoms with van der Waals surface area (Å²) in [5, 5.41) is 0. The molecule has 1 aliphatic carbocycles. The van der Waals surface area contributed by atoms with Crippen molar-refractivity contribution >= 4 is 11.6 Å². The Kier molecular flexibility index (Phi) is 2.77. The number of carbonyl (C=O) groups excluding carboxylic acids is 2. The van der Waals surface area contributed by atoms with Crippen LogP contribution in [0.4, 0.5) is 0 Å². The van der Waals surface area contributed by atoms with Gasteiger partial charge in [0.25, 0.3) is 0 Å². The zero-order valence-electron chi connectivity index (χ0n) is 9.45. The zero-order chi connectivity index (χ0) is 11.7. The highest BCUT2D eigenvalue weighted by molar-refractivity contribution is 6.02. The Morgan fingerprint density at radius 2 is 2.25 bits per heavy atom. The first-order valence-electron chi connectivity index (χ1n) is 5.32. The Labute approximate surface area is 94.4 Å². The molecule has 0 aromatic heterocycles. The molecule has 3 nitrogen and oxygen atoms in total. The molecule has 16 heavy (non-hydrogen) atoms. The molecule has 0 saturated heterocycles. The lowest BCUT2D eigenvalue weighted by Gasteiger charge is -2.09. The van der Waals surface area contributed by atoms with Crippen molar-refractivity contribution in [3.05, 3.63) is 29.3 Å². The summed E-state index contributed by atoms with van der Waals surface area (Å²) < 4.78 is 5.13. The van der Waals surface area contributed by atoms with Crippen molar-refractivity contribution in [2.45, 2.75) is 25.7 Å². The monoisotopic (exact) mass is 218 g/mol. The van der Waals surface area contributed by atoms with E-state index >= 15 is 0 Å². The van der Waals surface area contributed by atoms with Gasteiger partial charge in [-0.3, -0.25) is 4.79 Å². The first-order chi connectivity index (χ1) is 7.61. The fraction of sp³-hybridized carbons (Fsp3) is 0.385. The first kappa shape index (κ1) is 10.9. The van der Waals surface area contributed by atoms with E-state index in [2.05, 4.69) is 0 Å². The third-order valence-electron chi connectivity index (χ3n) is 2.96. The Balaban J connectivity index is 2.38. The largest absolute Gasteiger partial charge is 0.497 e. The van der Waals surface area contributed by atoms with Crippen molar-refractivity contribution in [3.63, 3.8) is 0 Å². The van der Waals surface area contributed by atoms with E-state index < -0.39 is 0 Å². The maximum Gasteiger partial charge on any atom is 0.163 e. The van der Waals surface area contributed by atoms with E-state index in [-0.39, 0.29) is 17.5 Å². The van der Waals surface area contributed by atoms with Gasteiger partial charge in [0, 0.05) is 18.4 Å². The fourth-order valence-electron chi connectivity index (χ4n) is 2.23. The molecule has 0 amide bonds. The third kappa shape index (κ3) is 1.85. The van der Waals surface area contributed by atoms with Crippen LogP contribution in [0.15, 0.2) is 18.2 Å². The van der Waals surface area contributed by atoms with Crippen molar-refractivity contribution in [1.29, 1.82) is 0 Å². The standard InChI is InChI=1S/C13H14O3/c1-8(14)5-9-6-13(15)11-4-3-10(16-2)7-12(9)11/h3-4,7,9H,5-6H2,1-2H3. The summed E-state index contributed by atoms with van der Waals surface area (Å²) in [5.74, 6) is 1.02. The second-order valence-electron chi connectivity index (χ2n) is 4.18. The summed E-state index contributed by atoms with van der Waals surface area (Å²) in [4.78, 5) is 22.8. The molecule has 1 aromatic rings. The fourth-order valence-corrected chi connectivity index (χ4v) is 2.23. The van der Waals surface area contributed by atoms with Crippen LogP contribution in [0.5, 0.6) is 5.75 Å².